The summed E-state index contributed by atoms with van der Waals surface area (Å²) in [5.41, 5.74) is -0.766. The second-order valence-electron chi connectivity index (χ2n) is 5.62. The number of nitrogens with zero attached hydrogens (tertiary/aromatic N) is 1. The predicted octanol–water partition coefficient (Wildman–Crippen LogP) is -0.0312. The van der Waals surface area contributed by atoms with Gasteiger partial charge in [0.25, 0.3) is 5.56 Å². The van der Waals surface area contributed by atoms with E-state index in [1.54, 1.807) is 13.2 Å². The second kappa shape index (κ2) is 7.87. The van der Waals surface area contributed by atoms with Crippen molar-refractivity contribution in [2.45, 2.75) is 44.5 Å². The van der Waals surface area contributed by atoms with Crippen LogP contribution in [0.15, 0.2) is 15.8 Å². The molecule has 0 bridgehead atoms. The molecule has 1 aliphatic heterocycles. The molecule has 1 aliphatic rings. The Labute approximate surface area is 147 Å². The van der Waals surface area contributed by atoms with Gasteiger partial charge in [-0.15, -0.1) is 0 Å². The van der Waals surface area contributed by atoms with Gasteiger partial charge < -0.3 is 14.2 Å². The number of aromatic amines is 1. The lowest BCUT2D eigenvalue weighted by Crippen LogP contribution is -2.39. The van der Waals surface area contributed by atoms with E-state index in [1.807, 2.05) is 0 Å². The van der Waals surface area contributed by atoms with E-state index >= 15 is 0 Å². The van der Waals surface area contributed by atoms with Crippen LogP contribution in [-0.2, 0) is 23.8 Å². The third-order valence-electron chi connectivity index (χ3n) is 3.73. The first kappa shape index (κ1) is 19.3. The van der Waals surface area contributed by atoms with Gasteiger partial charge in [0, 0.05) is 25.6 Å². The molecule has 4 atom stereocenters. The topological polar surface area (TPSA) is 117 Å². The number of hydrogen-bond donors (Lipinski definition) is 1. The number of carbonyl (C=O) groups excluding carboxylic acids is 2. The molecule has 9 nitrogen and oxygen atoms in total. The number of carbonyl (C=O) groups is 2. The first-order chi connectivity index (χ1) is 11.7. The number of aryl methyl sites for hydroxylation is 1. The molecular weight excluding hydrogens is 352 g/mol. The Morgan fingerprint density at radius 3 is 2.56 bits per heavy atom. The van der Waals surface area contributed by atoms with Crippen LogP contribution in [-0.4, -0.2) is 51.8 Å². The van der Waals surface area contributed by atoms with E-state index in [0.717, 1.165) is 0 Å². The van der Waals surface area contributed by atoms with Gasteiger partial charge in [-0.2, -0.15) is 11.8 Å². The van der Waals surface area contributed by atoms with Crippen LogP contribution in [0.25, 0.3) is 0 Å². The maximum atomic E-state index is 12.2. The lowest BCUT2D eigenvalue weighted by molar-refractivity contribution is -0.155. The van der Waals surface area contributed by atoms with E-state index in [4.69, 9.17) is 14.2 Å². The van der Waals surface area contributed by atoms with Crippen LogP contribution in [0.1, 0.15) is 25.6 Å². The maximum Gasteiger partial charge on any atom is 0.330 e. The molecule has 2 rings (SSSR count). The van der Waals surface area contributed by atoms with Crippen molar-refractivity contribution in [3.63, 3.8) is 0 Å². The molecule has 0 amide bonds. The van der Waals surface area contributed by atoms with Crippen molar-refractivity contribution in [1.82, 2.24) is 9.55 Å². The van der Waals surface area contributed by atoms with Crippen molar-refractivity contribution < 1.29 is 23.8 Å². The minimum absolute atomic E-state index is 0.113. The number of hydrogen-bond acceptors (Lipinski definition) is 8. The average Bonchev–Trinajstić information content (AvgIpc) is 2.85. The number of rotatable bonds is 5. The molecule has 0 unspecified atom stereocenters. The molecule has 138 valence electrons. The fourth-order valence-corrected chi connectivity index (χ4v) is 3.55. The number of ether oxygens (including phenoxy) is 3. The highest BCUT2D eigenvalue weighted by atomic mass is 32.2. The van der Waals surface area contributed by atoms with E-state index in [2.05, 4.69) is 4.98 Å². The number of aromatic nitrogens is 2. The molecule has 1 N–H and O–H groups in total. The van der Waals surface area contributed by atoms with Crippen molar-refractivity contribution in [1.29, 1.82) is 0 Å². The summed E-state index contributed by atoms with van der Waals surface area (Å²) < 4.78 is 17.4. The standard InChI is InChI=1S/C15H20N2O7S/c1-7-5-17(15(21)16-13(7)20)14-12(25-4)11(23-9(3)19)10(24-14)6-22-8(2)18/h5,10-12,14H,6H2,1-4H3,(H,16,20,21)/t10-,11-,12-,14-/m1/s1. The van der Waals surface area contributed by atoms with E-state index in [-0.39, 0.29) is 6.61 Å². The lowest BCUT2D eigenvalue weighted by atomic mass is 10.1. The van der Waals surface area contributed by atoms with Crippen molar-refractivity contribution in [2.24, 2.45) is 0 Å². The van der Waals surface area contributed by atoms with Crippen LogP contribution in [0.2, 0.25) is 0 Å². The van der Waals surface area contributed by atoms with Crippen LogP contribution >= 0.6 is 11.8 Å². The molecule has 0 spiro atoms. The van der Waals surface area contributed by atoms with E-state index in [1.165, 1.54) is 36.4 Å². The van der Waals surface area contributed by atoms with E-state index in [0.29, 0.717) is 5.56 Å². The average molecular weight is 372 g/mol. The summed E-state index contributed by atoms with van der Waals surface area (Å²) in [6, 6.07) is 0. The zero-order valence-electron chi connectivity index (χ0n) is 14.3. The van der Waals surface area contributed by atoms with Gasteiger partial charge in [0.15, 0.2) is 6.23 Å². The van der Waals surface area contributed by atoms with Crippen LogP contribution in [0.4, 0.5) is 0 Å². The molecule has 0 saturated carbocycles. The van der Waals surface area contributed by atoms with Gasteiger partial charge >= 0.3 is 17.6 Å². The minimum atomic E-state index is -0.789. The zero-order chi connectivity index (χ0) is 18.7. The van der Waals surface area contributed by atoms with Gasteiger partial charge in [0.05, 0.1) is 5.25 Å². The van der Waals surface area contributed by atoms with Gasteiger partial charge in [-0.05, 0) is 13.2 Å². The van der Waals surface area contributed by atoms with Crippen LogP contribution < -0.4 is 11.2 Å². The van der Waals surface area contributed by atoms with Crippen LogP contribution in [0, 0.1) is 6.92 Å². The molecule has 2 heterocycles. The minimum Gasteiger partial charge on any atom is -0.463 e. The molecule has 1 aromatic rings. The Morgan fingerprint density at radius 2 is 2.00 bits per heavy atom. The molecule has 25 heavy (non-hydrogen) atoms. The first-order valence-electron chi connectivity index (χ1n) is 7.55. The molecule has 1 saturated heterocycles. The Kier molecular flexibility index (Phi) is 6.07. The summed E-state index contributed by atoms with van der Waals surface area (Å²) in [5, 5.41) is -0.424. The Hall–Kier alpha value is -2.07. The lowest BCUT2D eigenvalue weighted by Gasteiger charge is -2.22. The third kappa shape index (κ3) is 4.31. The normalized spacial score (nSPS) is 25.6. The van der Waals surface area contributed by atoms with Crippen molar-refractivity contribution >= 4 is 23.7 Å². The Bertz CT molecular complexity index is 772. The Morgan fingerprint density at radius 1 is 1.32 bits per heavy atom. The van der Waals surface area contributed by atoms with Crippen LogP contribution in [0.5, 0.6) is 0 Å². The highest BCUT2D eigenvalue weighted by molar-refractivity contribution is 7.99. The van der Waals surface area contributed by atoms with Gasteiger partial charge in [-0.1, -0.05) is 0 Å². The van der Waals surface area contributed by atoms with Gasteiger partial charge in [-0.3, -0.25) is 23.9 Å². The van der Waals surface area contributed by atoms with E-state index in [9.17, 15) is 19.2 Å². The number of H-pyrrole nitrogens is 1. The van der Waals surface area contributed by atoms with Gasteiger partial charge in [0.2, 0.25) is 0 Å². The second-order valence-corrected chi connectivity index (χ2v) is 6.64. The third-order valence-corrected chi connectivity index (χ3v) is 4.78. The van der Waals surface area contributed by atoms with Crippen molar-refractivity contribution in [2.75, 3.05) is 12.9 Å². The van der Waals surface area contributed by atoms with Crippen molar-refractivity contribution in [3.8, 4) is 0 Å². The van der Waals surface area contributed by atoms with Crippen LogP contribution in [0.3, 0.4) is 0 Å². The number of esters is 2. The smallest absolute Gasteiger partial charge is 0.330 e. The molecule has 10 heteroatoms. The predicted molar refractivity (Wildman–Crippen MR) is 89.5 cm³/mol. The number of nitrogens with one attached hydrogen (secondary N) is 1. The molecule has 0 radical (unpaired) electrons. The monoisotopic (exact) mass is 372 g/mol. The SMILES string of the molecule is CS[C@@H]1[C@H](OC(C)=O)[C@@H](COC(C)=O)O[C@H]1n1cc(C)c(=O)[nH]c1=O. The summed E-state index contributed by atoms with van der Waals surface area (Å²) in [4.78, 5) is 48.5. The fourth-order valence-electron chi connectivity index (χ4n) is 2.63. The molecule has 0 aromatic carbocycles. The van der Waals surface area contributed by atoms with Gasteiger partial charge in [-0.25, -0.2) is 4.79 Å². The zero-order valence-corrected chi connectivity index (χ0v) is 15.1. The van der Waals surface area contributed by atoms with E-state index < -0.39 is 46.9 Å². The molecular formula is C15H20N2O7S. The largest absolute Gasteiger partial charge is 0.463 e. The highest BCUT2D eigenvalue weighted by Gasteiger charge is 2.48. The fraction of sp³-hybridized carbons (Fsp3) is 0.600. The number of thioether (sulfide) groups is 1. The molecule has 0 aliphatic carbocycles. The summed E-state index contributed by atoms with van der Waals surface area (Å²) in [6.45, 7) is 3.98. The highest BCUT2D eigenvalue weighted by Crippen LogP contribution is 2.38. The molecule has 1 aromatic heterocycles. The Balaban J connectivity index is 2.39. The quantitative estimate of drug-likeness (QED) is 0.716. The first-order valence-corrected chi connectivity index (χ1v) is 8.84. The van der Waals surface area contributed by atoms with Gasteiger partial charge in [0.1, 0.15) is 18.8 Å². The summed E-state index contributed by atoms with van der Waals surface area (Å²) in [5.74, 6) is -1.00. The summed E-state index contributed by atoms with van der Waals surface area (Å²) in [6.07, 6.45) is 0.956. The summed E-state index contributed by atoms with van der Waals surface area (Å²) in [7, 11) is 0. The maximum absolute atomic E-state index is 12.2. The van der Waals surface area contributed by atoms with Crippen molar-refractivity contribution in [3.05, 3.63) is 32.6 Å². The molecule has 1 fully saturated rings. The summed E-state index contributed by atoms with van der Waals surface area (Å²) >= 11 is 1.35.